The van der Waals surface area contributed by atoms with Crippen LogP contribution in [0.4, 0.5) is 0 Å². The minimum atomic E-state index is -0.237. The Hall–Kier alpha value is -1.92. The molecule has 25 heavy (non-hydrogen) atoms. The summed E-state index contributed by atoms with van der Waals surface area (Å²) in [6.07, 6.45) is 0. The molecular weight excluding hydrogens is 398 g/mol. The van der Waals surface area contributed by atoms with Gasteiger partial charge in [-0.15, -0.1) is 10.2 Å². The molecule has 128 valence electrons. The van der Waals surface area contributed by atoms with E-state index < -0.39 is 0 Å². The SMILES string of the molecule is CCn1c(SC(C)C(=O)c2ccc(Br)cc2)nnc1-c1ccccc1. The number of hydrogen-bond donors (Lipinski definition) is 0. The molecule has 3 aromatic rings. The molecule has 1 atom stereocenters. The van der Waals surface area contributed by atoms with Crippen LogP contribution in [0.15, 0.2) is 64.2 Å². The van der Waals surface area contributed by atoms with Crippen LogP contribution in [0, 0.1) is 0 Å². The normalized spacial score (nSPS) is 12.1. The van der Waals surface area contributed by atoms with Crippen LogP contribution in [0.25, 0.3) is 11.4 Å². The molecular formula is C19H18BrN3OS. The Bertz CT molecular complexity index is 862. The highest BCUT2D eigenvalue weighted by atomic mass is 79.9. The molecule has 1 unspecified atom stereocenters. The van der Waals surface area contributed by atoms with Crippen molar-refractivity contribution in [1.29, 1.82) is 0 Å². The summed E-state index contributed by atoms with van der Waals surface area (Å²) in [5.74, 6) is 0.915. The second kappa shape index (κ2) is 7.97. The van der Waals surface area contributed by atoms with E-state index in [0.29, 0.717) is 5.56 Å². The molecule has 2 aromatic carbocycles. The van der Waals surface area contributed by atoms with Crippen LogP contribution in [-0.4, -0.2) is 25.8 Å². The Morgan fingerprint density at radius 1 is 1.12 bits per heavy atom. The lowest BCUT2D eigenvalue weighted by Gasteiger charge is -2.11. The predicted octanol–water partition coefficient (Wildman–Crippen LogP) is 5.09. The molecule has 0 aliphatic rings. The molecule has 1 aromatic heterocycles. The van der Waals surface area contributed by atoms with E-state index in [4.69, 9.17) is 0 Å². The monoisotopic (exact) mass is 415 g/mol. The predicted molar refractivity (Wildman–Crippen MR) is 105 cm³/mol. The standard InChI is InChI=1S/C19H18BrN3OS/c1-3-23-18(15-7-5-4-6-8-15)21-22-19(23)25-13(2)17(24)14-9-11-16(20)12-10-14/h4-13H,3H2,1-2H3. The van der Waals surface area contributed by atoms with E-state index in [1.54, 1.807) is 0 Å². The second-order valence-electron chi connectivity index (χ2n) is 5.55. The van der Waals surface area contributed by atoms with Crippen LogP contribution < -0.4 is 0 Å². The summed E-state index contributed by atoms with van der Waals surface area (Å²) in [7, 11) is 0. The van der Waals surface area contributed by atoms with Gasteiger partial charge in [0.05, 0.1) is 5.25 Å². The number of Topliss-reactive ketones (excluding diaryl/α,β-unsaturated/α-hetero) is 1. The molecule has 0 saturated carbocycles. The van der Waals surface area contributed by atoms with Gasteiger partial charge in [0, 0.05) is 22.1 Å². The maximum atomic E-state index is 12.6. The molecule has 0 N–H and O–H groups in total. The molecule has 0 aliphatic heterocycles. The first kappa shape index (κ1) is 17.9. The average molecular weight is 416 g/mol. The topological polar surface area (TPSA) is 47.8 Å². The van der Waals surface area contributed by atoms with E-state index in [1.807, 2.05) is 66.1 Å². The van der Waals surface area contributed by atoms with E-state index in [0.717, 1.165) is 27.6 Å². The van der Waals surface area contributed by atoms with Gasteiger partial charge in [0.15, 0.2) is 16.8 Å². The van der Waals surface area contributed by atoms with Crippen molar-refractivity contribution in [2.75, 3.05) is 0 Å². The van der Waals surface area contributed by atoms with Gasteiger partial charge in [0.2, 0.25) is 0 Å². The number of rotatable bonds is 6. The molecule has 0 saturated heterocycles. The van der Waals surface area contributed by atoms with E-state index >= 15 is 0 Å². The van der Waals surface area contributed by atoms with Gasteiger partial charge in [-0.2, -0.15) is 0 Å². The number of carbonyl (C=O) groups excluding carboxylic acids is 1. The number of nitrogens with zero attached hydrogens (tertiary/aromatic N) is 3. The number of hydrogen-bond acceptors (Lipinski definition) is 4. The first-order valence-electron chi connectivity index (χ1n) is 8.05. The van der Waals surface area contributed by atoms with Gasteiger partial charge in [-0.05, 0) is 26.0 Å². The van der Waals surface area contributed by atoms with Crippen LogP contribution in [0.5, 0.6) is 0 Å². The smallest absolute Gasteiger partial charge is 0.192 e. The zero-order valence-corrected chi connectivity index (χ0v) is 16.4. The van der Waals surface area contributed by atoms with Crippen molar-refractivity contribution in [2.24, 2.45) is 0 Å². The Morgan fingerprint density at radius 2 is 1.80 bits per heavy atom. The summed E-state index contributed by atoms with van der Waals surface area (Å²) >= 11 is 4.84. The molecule has 0 spiro atoms. The van der Waals surface area contributed by atoms with Crippen LogP contribution in [0.2, 0.25) is 0 Å². The van der Waals surface area contributed by atoms with Crippen LogP contribution in [-0.2, 0) is 6.54 Å². The second-order valence-corrected chi connectivity index (χ2v) is 7.77. The maximum absolute atomic E-state index is 12.6. The highest BCUT2D eigenvalue weighted by molar-refractivity contribution is 9.10. The maximum Gasteiger partial charge on any atom is 0.192 e. The van der Waals surface area contributed by atoms with Crippen molar-refractivity contribution < 1.29 is 4.79 Å². The summed E-state index contributed by atoms with van der Waals surface area (Å²) in [6, 6.07) is 17.4. The molecule has 0 radical (unpaired) electrons. The Morgan fingerprint density at radius 3 is 2.44 bits per heavy atom. The van der Waals surface area contributed by atoms with Gasteiger partial charge in [-0.3, -0.25) is 4.79 Å². The fraction of sp³-hybridized carbons (Fsp3) is 0.211. The lowest BCUT2D eigenvalue weighted by molar-refractivity contribution is 0.0994. The summed E-state index contributed by atoms with van der Waals surface area (Å²) in [6.45, 7) is 4.71. The first-order valence-corrected chi connectivity index (χ1v) is 9.72. The van der Waals surface area contributed by atoms with Crippen molar-refractivity contribution in [2.45, 2.75) is 30.8 Å². The highest BCUT2D eigenvalue weighted by Crippen LogP contribution is 2.28. The Kier molecular flexibility index (Phi) is 5.71. The molecule has 3 rings (SSSR count). The van der Waals surface area contributed by atoms with Crippen molar-refractivity contribution >= 4 is 33.5 Å². The highest BCUT2D eigenvalue weighted by Gasteiger charge is 2.21. The summed E-state index contributed by atoms with van der Waals surface area (Å²) in [5, 5.41) is 9.16. The largest absolute Gasteiger partial charge is 0.302 e. The van der Waals surface area contributed by atoms with Gasteiger partial charge in [-0.25, -0.2) is 0 Å². The number of thioether (sulfide) groups is 1. The van der Waals surface area contributed by atoms with Gasteiger partial charge in [0.25, 0.3) is 0 Å². The van der Waals surface area contributed by atoms with E-state index in [9.17, 15) is 4.79 Å². The van der Waals surface area contributed by atoms with Crippen LogP contribution in [0.1, 0.15) is 24.2 Å². The van der Waals surface area contributed by atoms with Crippen LogP contribution >= 0.6 is 27.7 Å². The van der Waals surface area contributed by atoms with Crippen molar-refractivity contribution in [3.05, 3.63) is 64.6 Å². The molecule has 0 bridgehead atoms. The molecule has 0 fully saturated rings. The molecule has 4 nitrogen and oxygen atoms in total. The number of halogens is 1. The fourth-order valence-electron chi connectivity index (χ4n) is 2.52. The lowest BCUT2D eigenvalue weighted by atomic mass is 10.1. The first-order chi connectivity index (χ1) is 12.1. The number of aromatic nitrogens is 3. The quantitative estimate of drug-likeness (QED) is 0.415. The minimum Gasteiger partial charge on any atom is -0.302 e. The van der Waals surface area contributed by atoms with E-state index in [-0.39, 0.29) is 11.0 Å². The van der Waals surface area contributed by atoms with Gasteiger partial charge in [0.1, 0.15) is 0 Å². The molecule has 6 heteroatoms. The molecule has 0 amide bonds. The van der Waals surface area contributed by atoms with Crippen molar-refractivity contribution in [3.8, 4) is 11.4 Å². The van der Waals surface area contributed by atoms with Gasteiger partial charge < -0.3 is 4.57 Å². The zero-order chi connectivity index (χ0) is 17.8. The number of carbonyl (C=O) groups is 1. The van der Waals surface area contributed by atoms with Gasteiger partial charge >= 0.3 is 0 Å². The van der Waals surface area contributed by atoms with Crippen molar-refractivity contribution in [1.82, 2.24) is 14.8 Å². The number of ketones is 1. The minimum absolute atomic E-state index is 0.0874. The van der Waals surface area contributed by atoms with Crippen LogP contribution in [0.3, 0.4) is 0 Å². The third kappa shape index (κ3) is 4.02. The zero-order valence-electron chi connectivity index (χ0n) is 14.0. The number of benzene rings is 2. The van der Waals surface area contributed by atoms with Gasteiger partial charge in [-0.1, -0.05) is 70.2 Å². The molecule has 1 heterocycles. The fourth-order valence-corrected chi connectivity index (χ4v) is 3.78. The van der Waals surface area contributed by atoms with E-state index in [1.165, 1.54) is 11.8 Å². The average Bonchev–Trinajstić information content (AvgIpc) is 3.05. The summed E-state index contributed by atoms with van der Waals surface area (Å²) in [4.78, 5) is 12.6. The van der Waals surface area contributed by atoms with Crippen molar-refractivity contribution in [3.63, 3.8) is 0 Å². The lowest BCUT2D eigenvalue weighted by Crippen LogP contribution is -2.14. The third-order valence-electron chi connectivity index (χ3n) is 3.85. The summed E-state index contributed by atoms with van der Waals surface area (Å²) in [5.41, 5.74) is 1.73. The third-order valence-corrected chi connectivity index (χ3v) is 5.45. The Balaban J connectivity index is 1.82. The van der Waals surface area contributed by atoms with E-state index in [2.05, 4.69) is 33.1 Å². The molecule has 0 aliphatic carbocycles. The Labute approximate surface area is 159 Å². The summed E-state index contributed by atoms with van der Waals surface area (Å²) < 4.78 is 3.01.